The van der Waals surface area contributed by atoms with Gasteiger partial charge in [-0.2, -0.15) is 0 Å². The summed E-state index contributed by atoms with van der Waals surface area (Å²) in [5, 5.41) is 13.4. The lowest BCUT2D eigenvalue weighted by atomic mass is 9.92. The second-order valence-electron chi connectivity index (χ2n) is 5.44. The third-order valence-electron chi connectivity index (χ3n) is 3.65. The van der Waals surface area contributed by atoms with Crippen molar-refractivity contribution in [2.45, 2.75) is 70.5 Å². The van der Waals surface area contributed by atoms with E-state index < -0.39 is 5.60 Å². The number of nitrogens with one attached hydrogen (secondary N) is 1. The highest BCUT2D eigenvalue weighted by Gasteiger charge is 2.34. The first-order valence-corrected chi connectivity index (χ1v) is 7.21. The van der Waals surface area contributed by atoms with Crippen molar-refractivity contribution < 1.29 is 9.84 Å². The van der Waals surface area contributed by atoms with Gasteiger partial charge in [-0.3, -0.25) is 0 Å². The molecule has 1 fully saturated rings. The van der Waals surface area contributed by atoms with Crippen LogP contribution in [-0.4, -0.2) is 36.5 Å². The van der Waals surface area contributed by atoms with Crippen molar-refractivity contribution >= 4 is 0 Å². The van der Waals surface area contributed by atoms with Crippen LogP contribution in [0.2, 0.25) is 0 Å². The van der Waals surface area contributed by atoms with Crippen LogP contribution in [0.1, 0.15) is 58.8 Å². The van der Waals surface area contributed by atoms with E-state index >= 15 is 0 Å². The average Bonchev–Trinajstić information content (AvgIpc) is 2.29. The fourth-order valence-corrected chi connectivity index (χ4v) is 2.30. The molecule has 3 heteroatoms. The van der Waals surface area contributed by atoms with Crippen LogP contribution in [0.4, 0.5) is 0 Å². The van der Waals surface area contributed by atoms with E-state index in [2.05, 4.69) is 12.2 Å². The molecule has 1 aliphatic heterocycles. The van der Waals surface area contributed by atoms with Gasteiger partial charge in [0.1, 0.15) is 0 Å². The van der Waals surface area contributed by atoms with E-state index in [1.54, 1.807) is 0 Å². The van der Waals surface area contributed by atoms with Gasteiger partial charge >= 0.3 is 0 Å². The van der Waals surface area contributed by atoms with Gasteiger partial charge in [0.15, 0.2) is 0 Å². The van der Waals surface area contributed by atoms with Gasteiger partial charge in [0.2, 0.25) is 0 Å². The minimum absolute atomic E-state index is 0.0353. The average molecular weight is 243 g/mol. The van der Waals surface area contributed by atoms with Gasteiger partial charge in [-0.15, -0.1) is 0 Å². The Kier molecular flexibility index (Phi) is 7.09. The maximum atomic E-state index is 10.1. The summed E-state index contributed by atoms with van der Waals surface area (Å²) in [4.78, 5) is 0. The Morgan fingerprint density at radius 3 is 2.65 bits per heavy atom. The fraction of sp³-hybridized carbons (Fsp3) is 1.00. The number of hydrogen-bond acceptors (Lipinski definition) is 3. The first-order valence-electron chi connectivity index (χ1n) is 7.21. The van der Waals surface area contributed by atoms with Crippen LogP contribution < -0.4 is 5.32 Å². The summed E-state index contributed by atoms with van der Waals surface area (Å²) >= 11 is 0. The van der Waals surface area contributed by atoms with Crippen LogP contribution in [0, 0.1) is 0 Å². The summed E-state index contributed by atoms with van der Waals surface area (Å²) in [5.41, 5.74) is -0.645. The molecule has 0 aromatic heterocycles. The largest absolute Gasteiger partial charge is 0.387 e. The maximum absolute atomic E-state index is 10.1. The van der Waals surface area contributed by atoms with Gasteiger partial charge in [-0.25, -0.2) is 0 Å². The van der Waals surface area contributed by atoms with Crippen LogP contribution in [0.25, 0.3) is 0 Å². The first kappa shape index (κ1) is 14.9. The van der Waals surface area contributed by atoms with Crippen molar-refractivity contribution in [2.75, 3.05) is 19.7 Å². The van der Waals surface area contributed by atoms with Crippen molar-refractivity contribution in [1.82, 2.24) is 5.32 Å². The molecule has 1 aliphatic rings. The zero-order chi connectivity index (χ0) is 12.6. The monoisotopic (exact) mass is 243 g/mol. The summed E-state index contributed by atoms with van der Waals surface area (Å²) in [6.45, 7) is 6.59. The highest BCUT2D eigenvalue weighted by Crippen LogP contribution is 2.20. The van der Waals surface area contributed by atoms with Gasteiger partial charge in [0, 0.05) is 13.2 Å². The highest BCUT2D eigenvalue weighted by atomic mass is 16.5. The van der Waals surface area contributed by atoms with Crippen molar-refractivity contribution in [3.8, 4) is 0 Å². The molecule has 0 saturated carbocycles. The normalized spacial score (nSPS) is 29.5. The van der Waals surface area contributed by atoms with E-state index in [1.165, 1.54) is 32.1 Å². The summed E-state index contributed by atoms with van der Waals surface area (Å²) in [5.74, 6) is 0. The van der Waals surface area contributed by atoms with Crippen LogP contribution in [-0.2, 0) is 4.74 Å². The smallest absolute Gasteiger partial charge is 0.0983 e. The lowest BCUT2D eigenvalue weighted by molar-refractivity contribution is -0.113. The second kappa shape index (κ2) is 8.06. The van der Waals surface area contributed by atoms with Crippen LogP contribution in [0.3, 0.4) is 0 Å². The summed E-state index contributed by atoms with van der Waals surface area (Å²) in [6.07, 6.45) is 8.43. The van der Waals surface area contributed by atoms with E-state index in [-0.39, 0.29) is 6.10 Å². The summed E-state index contributed by atoms with van der Waals surface area (Å²) < 4.78 is 5.79. The van der Waals surface area contributed by atoms with Gasteiger partial charge in [0.05, 0.1) is 11.7 Å². The summed E-state index contributed by atoms with van der Waals surface area (Å²) in [6, 6.07) is 0. The Hall–Kier alpha value is -0.120. The molecule has 0 aromatic rings. The predicted octanol–water partition coefficient (Wildman–Crippen LogP) is 2.48. The van der Waals surface area contributed by atoms with E-state index in [0.29, 0.717) is 0 Å². The summed E-state index contributed by atoms with van der Waals surface area (Å²) in [7, 11) is 0. The molecule has 3 nitrogen and oxygen atoms in total. The molecule has 1 rings (SSSR count). The van der Waals surface area contributed by atoms with Crippen molar-refractivity contribution in [2.24, 2.45) is 0 Å². The van der Waals surface area contributed by atoms with E-state index in [1.807, 2.05) is 6.92 Å². The number of piperidine rings is 1. The van der Waals surface area contributed by atoms with Crippen molar-refractivity contribution in [3.63, 3.8) is 0 Å². The SMILES string of the molecule is CCCCCCCCOC1CNCCC1(C)O. The minimum Gasteiger partial charge on any atom is -0.387 e. The number of rotatable bonds is 8. The zero-order valence-corrected chi connectivity index (χ0v) is 11.5. The van der Waals surface area contributed by atoms with E-state index in [0.717, 1.165) is 32.5 Å². The molecular weight excluding hydrogens is 214 g/mol. The van der Waals surface area contributed by atoms with E-state index in [4.69, 9.17) is 4.74 Å². The fourth-order valence-electron chi connectivity index (χ4n) is 2.30. The number of ether oxygens (including phenoxy) is 1. The standard InChI is InChI=1S/C14H29NO2/c1-3-4-5-6-7-8-11-17-13-12-15-10-9-14(13,2)16/h13,15-16H,3-12H2,1-2H3. The Bertz CT molecular complexity index is 195. The molecule has 0 aliphatic carbocycles. The third kappa shape index (κ3) is 5.84. The molecule has 2 atom stereocenters. The molecule has 0 bridgehead atoms. The Balaban J connectivity index is 2.01. The topological polar surface area (TPSA) is 41.5 Å². The van der Waals surface area contributed by atoms with Crippen LogP contribution in [0.15, 0.2) is 0 Å². The van der Waals surface area contributed by atoms with E-state index in [9.17, 15) is 5.11 Å². The molecule has 0 spiro atoms. The maximum Gasteiger partial charge on any atom is 0.0983 e. The van der Waals surface area contributed by atoms with Crippen molar-refractivity contribution in [1.29, 1.82) is 0 Å². The van der Waals surface area contributed by atoms with Gasteiger partial charge in [0.25, 0.3) is 0 Å². The molecular formula is C14H29NO2. The molecule has 0 amide bonds. The second-order valence-corrected chi connectivity index (χ2v) is 5.44. The lowest BCUT2D eigenvalue weighted by Gasteiger charge is -2.37. The molecule has 17 heavy (non-hydrogen) atoms. The lowest BCUT2D eigenvalue weighted by Crippen LogP contribution is -2.53. The highest BCUT2D eigenvalue weighted by molar-refractivity contribution is 4.89. The van der Waals surface area contributed by atoms with Gasteiger partial charge < -0.3 is 15.2 Å². The molecule has 0 aromatic carbocycles. The zero-order valence-electron chi connectivity index (χ0n) is 11.5. The Morgan fingerprint density at radius 1 is 1.24 bits per heavy atom. The number of hydrogen-bond donors (Lipinski definition) is 2. The third-order valence-corrected chi connectivity index (χ3v) is 3.65. The van der Waals surface area contributed by atoms with Crippen LogP contribution in [0.5, 0.6) is 0 Å². The number of unbranched alkanes of at least 4 members (excludes halogenated alkanes) is 5. The Morgan fingerprint density at radius 2 is 1.94 bits per heavy atom. The van der Waals surface area contributed by atoms with Gasteiger partial charge in [-0.1, -0.05) is 39.0 Å². The molecule has 0 radical (unpaired) electrons. The quantitative estimate of drug-likeness (QED) is 0.644. The Labute approximate surface area is 106 Å². The minimum atomic E-state index is -0.645. The predicted molar refractivity (Wildman–Crippen MR) is 71.2 cm³/mol. The van der Waals surface area contributed by atoms with Gasteiger partial charge in [-0.05, 0) is 26.3 Å². The molecule has 2 N–H and O–H groups in total. The number of aliphatic hydroxyl groups is 1. The van der Waals surface area contributed by atoms with Crippen LogP contribution >= 0.6 is 0 Å². The molecule has 102 valence electrons. The molecule has 1 saturated heterocycles. The molecule has 2 unspecified atom stereocenters. The first-order chi connectivity index (χ1) is 8.17. The van der Waals surface area contributed by atoms with Crippen molar-refractivity contribution in [3.05, 3.63) is 0 Å². The molecule has 1 heterocycles.